The number of nitrogens with zero attached hydrogens (tertiary/aromatic N) is 3. The van der Waals surface area contributed by atoms with Crippen LogP contribution in [-0.2, 0) is 9.53 Å². The van der Waals surface area contributed by atoms with Gasteiger partial charge in [0.05, 0.1) is 48.0 Å². The van der Waals surface area contributed by atoms with Crippen LogP contribution in [0.3, 0.4) is 0 Å². The summed E-state index contributed by atoms with van der Waals surface area (Å²) < 4.78 is 16.0. The van der Waals surface area contributed by atoms with Crippen LogP contribution >= 0.6 is 11.3 Å². The minimum absolute atomic E-state index is 0.257. The second-order valence-electron chi connectivity index (χ2n) is 7.36. The average Bonchev–Trinajstić information content (AvgIpc) is 3.57. The highest BCUT2D eigenvalue weighted by molar-refractivity contribution is 7.12. The third-order valence-electron chi connectivity index (χ3n) is 5.34. The van der Waals surface area contributed by atoms with E-state index in [1.807, 2.05) is 35.7 Å². The topological polar surface area (TPSA) is 101 Å². The SMILES string of the molecule is COc1ccc(C2CC(c3cccs3)=NN2C(=O)COC(=O)c2ccc(C#N)cc2)cc1OC. The van der Waals surface area contributed by atoms with E-state index in [0.717, 1.165) is 16.2 Å². The number of ether oxygens (including phenoxy) is 3. The zero-order valence-electron chi connectivity index (χ0n) is 18.6. The number of nitriles is 1. The number of hydrogen-bond donors (Lipinski definition) is 0. The molecule has 0 spiro atoms. The summed E-state index contributed by atoms with van der Waals surface area (Å²) in [4.78, 5) is 26.5. The summed E-state index contributed by atoms with van der Waals surface area (Å²) in [6.45, 7) is -0.468. The molecule has 2 heterocycles. The molecule has 1 atom stereocenters. The van der Waals surface area contributed by atoms with E-state index in [1.54, 1.807) is 31.6 Å². The average molecular weight is 476 g/mol. The van der Waals surface area contributed by atoms with Crippen LogP contribution in [0.15, 0.2) is 65.1 Å². The number of hydrazone groups is 1. The fraction of sp³-hybridized carbons (Fsp3) is 0.200. The van der Waals surface area contributed by atoms with Gasteiger partial charge in [0.1, 0.15) is 0 Å². The molecule has 1 aromatic heterocycles. The number of methoxy groups -OCH3 is 2. The summed E-state index contributed by atoms with van der Waals surface area (Å²) in [6.07, 6.45) is 0.505. The summed E-state index contributed by atoms with van der Waals surface area (Å²) in [5, 5.41) is 16.8. The molecule has 4 rings (SSSR count). The van der Waals surface area contributed by atoms with Gasteiger partial charge < -0.3 is 14.2 Å². The first-order chi connectivity index (χ1) is 16.5. The Hall–Kier alpha value is -4.16. The molecule has 8 nitrogen and oxygen atoms in total. The highest BCUT2D eigenvalue weighted by atomic mass is 32.1. The molecular formula is C25H21N3O5S. The lowest BCUT2D eigenvalue weighted by Crippen LogP contribution is -2.31. The predicted molar refractivity (Wildman–Crippen MR) is 126 cm³/mol. The number of carbonyl (C=O) groups is 2. The summed E-state index contributed by atoms with van der Waals surface area (Å²) >= 11 is 1.54. The van der Waals surface area contributed by atoms with E-state index in [1.165, 1.54) is 29.3 Å². The standard InChI is InChI=1S/C25H21N3O5S/c1-31-21-10-9-18(12-22(21)32-2)20-13-19(23-4-3-11-34-23)27-28(20)24(29)15-33-25(30)17-7-5-16(14-26)6-8-17/h3-12,20H,13,15H2,1-2H3. The van der Waals surface area contributed by atoms with Gasteiger partial charge in [-0.2, -0.15) is 10.4 Å². The van der Waals surface area contributed by atoms with E-state index in [2.05, 4.69) is 5.10 Å². The van der Waals surface area contributed by atoms with Crippen molar-refractivity contribution in [2.24, 2.45) is 5.10 Å². The molecule has 0 radical (unpaired) electrons. The van der Waals surface area contributed by atoms with Gasteiger partial charge in [0.2, 0.25) is 0 Å². The Balaban J connectivity index is 1.54. The minimum atomic E-state index is -0.651. The van der Waals surface area contributed by atoms with E-state index >= 15 is 0 Å². The Bertz CT molecular complexity index is 1260. The van der Waals surface area contributed by atoms with E-state index in [4.69, 9.17) is 19.5 Å². The molecule has 1 unspecified atom stereocenters. The number of benzene rings is 2. The van der Waals surface area contributed by atoms with Crippen LogP contribution in [0.5, 0.6) is 11.5 Å². The Morgan fingerprint density at radius 3 is 2.53 bits per heavy atom. The Kier molecular flexibility index (Phi) is 6.90. The van der Waals surface area contributed by atoms with Gasteiger partial charge in [-0.15, -0.1) is 11.3 Å². The molecule has 0 saturated heterocycles. The molecule has 3 aromatic rings. The number of thiophene rings is 1. The van der Waals surface area contributed by atoms with Crippen molar-refractivity contribution in [3.63, 3.8) is 0 Å². The lowest BCUT2D eigenvalue weighted by atomic mass is 10.0. The van der Waals surface area contributed by atoms with Gasteiger partial charge in [0.25, 0.3) is 5.91 Å². The van der Waals surface area contributed by atoms with Crippen molar-refractivity contribution in [2.45, 2.75) is 12.5 Å². The normalized spacial score (nSPS) is 14.8. The number of esters is 1. The number of amides is 1. The summed E-state index contributed by atoms with van der Waals surface area (Å²) in [7, 11) is 3.11. The highest BCUT2D eigenvalue weighted by Crippen LogP contribution is 2.37. The first kappa shape index (κ1) is 23.0. The van der Waals surface area contributed by atoms with Gasteiger partial charge in [0, 0.05) is 6.42 Å². The van der Waals surface area contributed by atoms with E-state index in [0.29, 0.717) is 23.5 Å². The van der Waals surface area contributed by atoms with Crippen LogP contribution in [0.2, 0.25) is 0 Å². The maximum atomic E-state index is 13.1. The summed E-state index contributed by atoms with van der Waals surface area (Å²) in [5.41, 5.74) is 2.28. The molecule has 0 fully saturated rings. The molecule has 2 aromatic carbocycles. The summed E-state index contributed by atoms with van der Waals surface area (Å²) in [6, 6.07) is 17.0. The quantitative estimate of drug-likeness (QED) is 0.476. The molecule has 34 heavy (non-hydrogen) atoms. The molecule has 1 amide bonds. The first-order valence-electron chi connectivity index (χ1n) is 10.4. The van der Waals surface area contributed by atoms with Crippen LogP contribution in [-0.4, -0.2) is 43.4 Å². The first-order valence-corrected chi connectivity index (χ1v) is 11.2. The fourth-order valence-electron chi connectivity index (χ4n) is 3.61. The Morgan fingerprint density at radius 2 is 1.88 bits per heavy atom. The van der Waals surface area contributed by atoms with Gasteiger partial charge >= 0.3 is 5.97 Å². The highest BCUT2D eigenvalue weighted by Gasteiger charge is 2.34. The molecular weight excluding hydrogens is 454 g/mol. The smallest absolute Gasteiger partial charge is 0.338 e. The molecule has 0 saturated carbocycles. The van der Waals surface area contributed by atoms with Crippen molar-refractivity contribution in [3.05, 3.63) is 81.5 Å². The van der Waals surface area contributed by atoms with Gasteiger partial charge in [-0.3, -0.25) is 4.79 Å². The minimum Gasteiger partial charge on any atom is -0.493 e. The molecule has 1 aliphatic rings. The molecule has 1 aliphatic heterocycles. The lowest BCUT2D eigenvalue weighted by Gasteiger charge is -2.22. The third kappa shape index (κ3) is 4.77. The van der Waals surface area contributed by atoms with Crippen LogP contribution in [0, 0.1) is 11.3 Å². The third-order valence-corrected chi connectivity index (χ3v) is 6.26. The maximum absolute atomic E-state index is 13.1. The van der Waals surface area contributed by atoms with Crippen molar-refractivity contribution in [1.82, 2.24) is 5.01 Å². The van der Waals surface area contributed by atoms with Crippen LogP contribution in [0.1, 0.15) is 38.8 Å². The number of carbonyl (C=O) groups excluding carboxylic acids is 2. The Labute approximate surface area is 200 Å². The van der Waals surface area contributed by atoms with Crippen molar-refractivity contribution >= 4 is 28.9 Å². The van der Waals surface area contributed by atoms with Gasteiger partial charge in [0.15, 0.2) is 18.1 Å². The van der Waals surface area contributed by atoms with E-state index < -0.39 is 24.5 Å². The van der Waals surface area contributed by atoms with E-state index in [9.17, 15) is 9.59 Å². The lowest BCUT2D eigenvalue weighted by molar-refractivity contribution is -0.136. The van der Waals surface area contributed by atoms with E-state index in [-0.39, 0.29) is 5.56 Å². The van der Waals surface area contributed by atoms with Crippen molar-refractivity contribution in [1.29, 1.82) is 5.26 Å². The number of rotatable bonds is 7. The largest absolute Gasteiger partial charge is 0.493 e. The number of hydrogen-bond acceptors (Lipinski definition) is 8. The zero-order valence-corrected chi connectivity index (χ0v) is 19.4. The zero-order chi connectivity index (χ0) is 24.1. The van der Waals surface area contributed by atoms with Crippen LogP contribution in [0.25, 0.3) is 0 Å². The molecule has 0 aliphatic carbocycles. The van der Waals surface area contributed by atoms with Gasteiger partial charge in [-0.25, -0.2) is 9.80 Å². The second-order valence-corrected chi connectivity index (χ2v) is 8.31. The van der Waals surface area contributed by atoms with Crippen LogP contribution in [0.4, 0.5) is 0 Å². The maximum Gasteiger partial charge on any atom is 0.338 e. The molecule has 9 heteroatoms. The molecule has 0 N–H and O–H groups in total. The molecule has 0 bridgehead atoms. The van der Waals surface area contributed by atoms with Crippen molar-refractivity contribution in [3.8, 4) is 17.6 Å². The van der Waals surface area contributed by atoms with Crippen molar-refractivity contribution in [2.75, 3.05) is 20.8 Å². The monoisotopic (exact) mass is 475 g/mol. The van der Waals surface area contributed by atoms with Gasteiger partial charge in [-0.1, -0.05) is 12.1 Å². The predicted octanol–water partition coefficient (Wildman–Crippen LogP) is 4.17. The van der Waals surface area contributed by atoms with Crippen molar-refractivity contribution < 1.29 is 23.8 Å². The summed E-state index contributed by atoms with van der Waals surface area (Å²) in [5.74, 6) is 0.0255. The second kappa shape index (κ2) is 10.2. The van der Waals surface area contributed by atoms with Crippen LogP contribution < -0.4 is 9.47 Å². The van der Waals surface area contributed by atoms with Gasteiger partial charge in [-0.05, 0) is 53.4 Å². The Morgan fingerprint density at radius 1 is 1.12 bits per heavy atom. The fourth-order valence-corrected chi connectivity index (χ4v) is 4.33. The molecule has 172 valence electrons.